The van der Waals surface area contributed by atoms with Gasteiger partial charge in [-0.05, 0) is 13.8 Å². The van der Waals surface area contributed by atoms with E-state index in [9.17, 15) is 18.0 Å². The van der Waals surface area contributed by atoms with Crippen molar-refractivity contribution in [3.63, 3.8) is 0 Å². The normalized spacial score (nSPS) is 12.9. The Hall–Kier alpha value is -1.47. The molecule has 5 nitrogen and oxygen atoms in total. The second kappa shape index (κ2) is 6.31. The van der Waals surface area contributed by atoms with Crippen molar-refractivity contribution in [1.29, 1.82) is 0 Å². The maximum absolute atomic E-state index is 12.0. The molecule has 0 aliphatic carbocycles. The molecule has 0 atom stereocenters. The van der Waals surface area contributed by atoms with Gasteiger partial charge in [0.2, 0.25) is 5.91 Å². The van der Waals surface area contributed by atoms with E-state index in [0.717, 1.165) is 4.90 Å². The second-order valence-corrected chi connectivity index (χ2v) is 3.82. The number of nitrogens with zero attached hydrogens (tertiary/aromatic N) is 2. The van der Waals surface area contributed by atoms with E-state index in [2.05, 4.69) is 5.16 Å². The van der Waals surface area contributed by atoms with Gasteiger partial charge in [0.25, 0.3) is 0 Å². The summed E-state index contributed by atoms with van der Waals surface area (Å²) in [6.07, 6.45) is -6.18. The number of hydrogen-bond donors (Lipinski definition) is 2. The summed E-state index contributed by atoms with van der Waals surface area (Å²) in [6, 6.07) is -0.323. The van der Waals surface area contributed by atoms with Crippen molar-refractivity contribution < 1.29 is 23.2 Å². The van der Waals surface area contributed by atoms with Crippen molar-refractivity contribution in [3.05, 3.63) is 0 Å². The third kappa shape index (κ3) is 6.64. The molecule has 0 heterocycles. The van der Waals surface area contributed by atoms with Crippen LogP contribution in [0.15, 0.2) is 5.16 Å². The Morgan fingerprint density at radius 3 is 2.35 bits per heavy atom. The topological polar surface area (TPSA) is 78.9 Å². The van der Waals surface area contributed by atoms with E-state index >= 15 is 0 Å². The molecular formula is C9H16F3N3O2. The van der Waals surface area contributed by atoms with Gasteiger partial charge in [-0.2, -0.15) is 13.2 Å². The minimum Gasteiger partial charge on any atom is -0.409 e. The Labute approximate surface area is 97.1 Å². The number of rotatable bonds is 5. The molecule has 0 unspecified atom stereocenters. The number of oxime groups is 1. The summed E-state index contributed by atoms with van der Waals surface area (Å²) in [5.41, 5.74) is 5.22. The van der Waals surface area contributed by atoms with Crippen LogP contribution in [0.2, 0.25) is 0 Å². The zero-order valence-corrected chi connectivity index (χ0v) is 9.66. The fourth-order valence-electron chi connectivity index (χ4n) is 1.16. The smallest absolute Gasteiger partial charge is 0.389 e. The lowest BCUT2D eigenvalue weighted by molar-refractivity contribution is -0.149. The van der Waals surface area contributed by atoms with E-state index in [4.69, 9.17) is 10.9 Å². The quantitative estimate of drug-likeness (QED) is 0.336. The van der Waals surface area contributed by atoms with Gasteiger partial charge in [0.05, 0.1) is 13.0 Å². The van der Waals surface area contributed by atoms with Crippen LogP contribution in [0.1, 0.15) is 26.7 Å². The van der Waals surface area contributed by atoms with E-state index in [1.807, 2.05) is 0 Å². The zero-order chi connectivity index (χ0) is 13.6. The van der Waals surface area contributed by atoms with Gasteiger partial charge in [-0.25, -0.2) is 0 Å². The average Bonchev–Trinajstić information content (AvgIpc) is 2.20. The molecule has 8 heteroatoms. The van der Waals surface area contributed by atoms with E-state index < -0.39 is 24.9 Å². The fraction of sp³-hybridized carbons (Fsp3) is 0.778. The van der Waals surface area contributed by atoms with Crippen molar-refractivity contribution >= 4 is 11.7 Å². The molecule has 17 heavy (non-hydrogen) atoms. The molecule has 1 amide bonds. The summed E-state index contributed by atoms with van der Waals surface area (Å²) in [6.45, 7) is 3.08. The van der Waals surface area contributed by atoms with Crippen LogP contribution >= 0.6 is 0 Å². The Morgan fingerprint density at radius 1 is 1.47 bits per heavy atom. The first-order valence-electron chi connectivity index (χ1n) is 5.00. The first-order chi connectivity index (χ1) is 7.67. The number of alkyl halides is 3. The molecule has 0 aromatic rings. The highest BCUT2D eigenvalue weighted by Gasteiger charge is 2.29. The van der Waals surface area contributed by atoms with Gasteiger partial charge in [0.1, 0.15) is 0 Å². The largest absolute Gasteiger partial charge is 0.409 e. The highest BCUT2D eigenvalue weighted by molar-refractivity contribution is 5.87. The van der Waals surface area contributed by atoms with Crippen molar-refractivity contribution in [2.75, 3.05) is 6.54 Å². The van der Waals surface area contributed by atoms with Crippen LogP contribution in [-0.2, 0) is 4.79 Å². The highest BCUT2D eigenvalue weighted by atomic mass is 19.4. The van der Waals surface area contributed by atoms with Gasteiger partial charge in [0, 0.05) is 12.5 Å². The number of amides is 1. The zero-order valence-electron chi connectivity index (χ0n) is 9.66. The van der Waals surface area contributed by atoms with Crippen LogP contribution < -0.4 is 5.73 Å². The monoisotopic (exact) mass is 255 g/mol. The van der Waals surface area contributed by atoms with Crippen molar-refractivity contribution in [2.24, 2.45) is 10.9 Å². The summed E-state index contributed by atoms with van der Waals surface area (Å²) in [5.74, 6) is -0.900. The van der Waals surface area contributed by atoms with Crippen molar-refractivity contribution in [3.8, 4) is 0 Å². The number of hydrogen-bond acceptors (Lipinski definition) is 3. The van der Waals surface area contributed by atoms with Gasteiger partial charge < -0.3 is 15.8 Å². The molecule has 0 aromatic heterocycles. The Kier molecular flexibility index (Phi) is 5.77. The molecule has 0 saturated heterocycles. The summed E-state index contributed by atoms with van der Waals surface area (Å²) < 4.78 is 35.9. The molecule has 100 valence electrons. The van der Waals surface area contributed by atoms with E-state index in [1.54, 1.807) is 13.8 Å². The SMILES string of the molecule is CC(C)N(C/C(N)=N/O)C(=O)CCC(F)(F)F. The third-order valence-corrected chi connectivity index (χ3v) is 2.03. The molecule has 0 aliphatic heterocycles. The predicted molar refractivity (Wildman–Crippen MR) is 55.5 cm³/mol. The first kappa shape index (κ1) is 15.5. The van der Waals surface area contributed by atoms with Crippen LogP contribution in [0, 0.1) is 0 Å². The first-order valence-corrected chi connectivity index (χ1v) is 5.00. The Bertz CT molecular complexity index is 290. The number of carbonyl (C=O) groups excluding carboxylic acids is 1. The standard InChI is InChI=1S/C9H16F3N3O2/c1-6(2)15(5-7(13)14-17)8(16)3-4-9(10,11)12/h6,17H,3-5H2,1-2H3,(H2,13,14). The minimum absolute atomic E-state index is 0.190. The molecule has 0 aromatic carbocycles. The minimum atomic E-state index is -4.37. The van der Waals surface area contributed by atoms with E-state index in [1.165, 1.54) is 0 Å². The van der Waals surface area contributed by atoms with Gasteiger partial charge >= 0.3 is 6.18 Å². The molecule has 0 aliphatic rings. The average molecular weight is 255 g/mol. The number of nitrogens with two attached hydrogens (primary N) is 1. The molecular weight excluding hydrogens is 239 g/mol. The number of halogens is 3. The maximum atomic E-state index is 12.0. The fourth-order valence-corrected chi connectivity index (χ4v) is 1.16. The summed E-state index contributed by atoms with van der Waals surface area (Å²) >= 11 is 0. The second-order valence-electron chi connectivity index (χ2n) is 3.82. The van der Waals surface area contributed by atoms with E-state index in [0.29, 0.717) is 0 Å². The predicted octanol–water partition coefficient (Wildman–Crippen LogP) is 1.31. The van der Waals surface area contributed by atoms with Crippen LogP contribution in [0.5, 0.6) is 0 Å². The van der Waals surface area contributed by atoms with Gasteiger partial charge in [0.15, 0.2) is 5.84 Å². The highest BCUT2D eigenvalue weighted by Crippen LogP contribution is 2.22. The van der Waals surface area contributed by atoms with Crippen molar-refractivity contribution in [2.45, 2.75) is 38.9 Å². The number of carbonyl (C=O) groups is 1. The summed E-state index contributed by atoms with van der Waals surface area (Å²) in [5, 5.41) is 11.0. The van der Waals surface area contributed by atoms with Gasteiger partial charge in [-0.3, -0.25) is 4.79 Å². The van der Waals surface area contributed by atoms with Crippen LogP contribution in [0.25, 0.3) is 0 Å². The molecule has 0 spiro atoms. The van der Waals surface area contributed by atoms with Crippen LogP contribution in [-0.4, -0.2) is 40.6 Å². The van der Waals surface area contributed by atoms with E-state index in [-0.39, 0.29) is 18.4 Å². The van der Waals surface area contributed by atoms with Gasteiger partial charge in [-0.1, -0.05) is 5.16 Å². The molecule has 0 rings (SSSR count). The summed E-state index contributed by atoms with van der Waals surface area (Å²) in [7, 11) is 0. The maximum Gasteiger partial charge on any atom is 0.389 e. The lowest BCUT2D eigenvalue weighted by Crippen LogP contribution is -2.43. The lowest BCUT2D eigenvalue weighted by Gasteiger charge is -2.26. The summed E-state index contributed by atoms with van der Waals surface area (Å²) in [4.78, 5) is 12.6. The number of amidine groups is 1. The molecule has 0 fully saturated rings. The Balaban J connectivity index is 4.46. The van der Waals surface area contributed by atoms with Crippen LogP contribution in [0.4, 0.5) is 13.2 Å². The molecule has 0 radical (unpaired) electrons. The lowest BCUT2D eigenvalue weighted by atomic mass is 10.2. The molecule has 0 bridgehead atoms. The third-order valence-electron chi connectivity index (χ3n) is 2.03. The molecule has 0 saturated carbocycles. The Morgan fingerprint density at radius 2 is 2.00 bits per heavy atom. The van der Waals surface area contributed by atoms with Gasteiger partial charge in [-0.15, -0.1) is 0 Å². The molecule has 3 N–H and O–H groups in total. The van der Waals surface area contributed by atoms with Crippen molar-refractivity contribution in [1.82, 2.24) is 4.90 Å². The van der Waals surface area contributed by atoms with Crippen LogP contribution in [0.3, 0.4) is 0 Å².